The molecule has 1 aliphatic heterocycles. The zero-order chi connectivity index (χ0) is 15.4. The first-order valence-corrected chi connectivity index (χ1v) is 7.11. The molecule has 7 nitrogen and oxygen atoms in total. The van der Waals surface area contributed by atoms with Crippen molar-refractivity contribution in [1.29, 1.82) is 0 Å². The Morgan fingerprint density at radius 1 is 1.24 bits per heavy atom. The third kappa shape index (κ3) is 3.68. The number of hydrogen-bond acceptors (Lipinski definition) is 5. The van der Waals surface area contributed by atoms with Crippen LogP contribution in [0.4, 0.5) is 5.82 Å². The van der Waals surface area contributed by atoms with Gasteiger partial charge in [-0.1, -0.05) is 13.8 Å². The summed E-state index contributed by atoms with van der Waals surface area (Å²) in [4.78, 5) is 25.2. The van der Waals surface area contributed by atoms with E-state index in [2.05, 4.69) is 20.4 Å². The van der Waals surface area contributed by atoms with E-state index in [4.69, 9.17) is 5.11 Å². The SMILES string of the molecule is CC(C)[C@H](NC(=O)c1ccc(N2CCCC2)nn1)C(=O)O. The van der Waals surface area contributed by atoms with Crippen LogP contribution in [0.1, 0.15) is 37.2 Å². The van der Waals surface area contributed by atoms with Crippen LogP contribution in [0.3, 0.4) is 0 Å². The van der Waals surface area contributed by atoms with E-state index in [1.807, 2.05) is 0 Å². The largest absolute Gasteiger partial charge is 0.480 e. The highest BCUT2D eigenvalue weighted by Crippen LogP contribution is 2.16. The molecule has 0 bridgehead atoms. The van der Waals surface area contributed by atoms with Gasteiger partial charge in [0.05, 0.1) is 0 Å². The van der Waals surface area contributed by atoms with E-state index >= 15 is 0 Å². The molecule has 0 radical (unpaired) electrons. The maximum atomic E-state index is 12.0. The molecule has 1 fully saturated rings. The number of carboxylic acid groups (broad SMARTS) is 1. The molecule has 0 spiro atoms. The van der Waals surface area contributed by atoms with Gasteiger partial charge in [0.1, 0.15) is 6.04 Å². The van der Waals surface area contributed by atoms with Gasteiger partial charge in [-0.25, -0.2) is 4.79 Å². The van der Waals surface area contributed by atoms with E-state index in [0.717, 1.165) is 31.7 Å². The van der Waals surface area contributed by atoms with E-state index in [1.54, 1.807) is 26.0 Å². The van der Waals surface area contributed by atoms with E-state index in [9.17, 15) is 9.59 Å². The van der Waals surface area contributed by atoms with Gasteiger partial charge in [0.25, 0.3) is 5.91 Å². The van der Waals surface area contributed by atoms with Crippen LogP contribution >= 0.6 is 0 Å². The minimum Gasteiger partial charge on any atom is -0.480 e. The van der Waals surface area contributed by atoms with Gasteiger partial charge in [-0.05, 0) is 30.9 Å². The number of carbonyl (C=O) groups is 2. The molecule has 1 amide bonds. The zero-order valence-electron chi connectivity index (χ0n) is 12.2. The number of carbonyl (C=O) groups excluding carboxylic acids is 1. The summed E-state index contributed by atoms with van der Waals surface area (Å²) in [5, 5.41) is 19.5. The molecule has 2 heterocycles. The third-order valence-electron chi connectivity index (χ3n) is 3.53. The Bertz CT molecular complexity index is 509. The topological polar surface area (TPSA) is 95.4 Å². The zero-order valence-corrected chi connectivity index (χ0v) is 12.2. The van der Waals surface area contributed by atoms with Crippen molar-refractivity contribution in [3.63, 3.8) is 0 Å². The van der Waals surface area contributed by atoms with Crippen molar-refractivity contribution in [1.82, 2.24) is 15.5 Å². The summed E-state index contributed by atoms with van der Waals surface area (Å²) in [6, 6.07) is 2.39. The highest BCUT2D eigenvalue weighted by atomic mass is 16.4. The van der Waals surface area contributed by atoms with Crippen LogP contribution in [-0.4, -0.2) is 46.3 Å². The lowest BCUT2D eigenvalue weighted by molar-refractivity contribution is -0.140. The molecule has 0 saturated carbocycles. The van der Waals surface area contributed by atoms with Gasteiger partial charge in [-0.15, -0.1) is 10.2 Å². The molecular weight excluding hydrogens is 272 g/mol. The molecule has 1 saturated heterocycles. The molecule has 2 rings (SSSR count). The standard InChI is InChI=1S/C14H20N4O3/c1-9(2)12(14(20)21)15-13(19)10-5-6-11(17-16-10)18-7-3-4-8-18/h5-6,9,12H,3-4,7-8H2,1-2H3,(H,15,19)(H,20,21)/t12-/m0/s1. The number of carboxylic acids is 1. The third-order valence-corrected chi connectivity index (χ3v) is 3.53. The number of aromatic nitrogens is 2. The average Bonchev–Trinajstić information content (AvgIpc) is 2.98. The lowest BCUT2D eigenvalue weighted by Crippen LogP contribution is -2.44. The van der Waals surface area contributed by atoms with Crippen LogP contribution in [0.2, 0.25) is 0 Å². The van der Waals surface area contributed by atoms with Crippen LogP contribution in [0, 0.1) is 5.92 Å². The van der Waals surface area contributed by atoms with Crippen LogP contribution in [-0.2, 0) is 4.79 Å². The number of hydrogen-bond donors (Lipinski definition) is 2. The summed E-state index contributed by atoms with van der Waals surface area (Å²) in [5.74, 6) is -1.03. The van der Waals surface area contributed by atoms with Crippen molar-refractivity contribution >= 4 is 17.7 Å². The van der Waals surface area contributed by atoms with Crippen molar-refractivity contribution in [2.75, 3.05) is 18.0 Å². The number of nitrogens with one attached hydrogen (secondary N) is 1. The lowest BCUT2D eigenvalue weighted by atomic mass is 10.0. The molecule has 1 aromatic heterocycles. The van der Waals surface area contributed by atoms with Gasteiger partial charge in [0, 0.05) is 13.1 Å². The highest BCUT2D eigenvalue weighted by molar-refractivity contribution is 5.94. The van der Waals surface area contributed by atoms with Gasteiger partial charge >= 0.3 is 5.97 Å². The van der Waals surface area contributed by atoms with E-state index in [0.29, 0.717) is 0 Å². The first-order chi connectivity index (χ1) is 9.99. The Balaban J connectivity index is 2.03. The summed E-state index contributed by atoms with van der Waals surface area (Å²) in [6.45, 7) is 5.38. The number of amides is 1. The Kier molecular flexibility index (Phi) is 4.72. The second kappa shape index (κ2) is 6.51. The van der Waals surface area contributed by atoms with E-state index < -0.39 is 17.9 Å². The molecular formula is C14H20N4O3. The average molecular weight is 292 g/mol. The molecule has 0 aromatic carbocycles. The monoisotopic (exact) mass is 292 g/mol. The Morgan fingerprint density at radius 3 is 2.38 bits per heavy atom. The van der Waals surface area contributed by atoms with Gasteiger partial charge < -0.3 is 15.3 Å². The summed E-state index contributed by atoms with van der Waals surface area (Å²) < 4.78 is 0. The first kappa shape index (κ1) is 15.2. The summed E-state index contributed by atoms with van der Waals surface area (Å²) in [5.41, 5.74) is 0.129. The quantitative estimate of drug-likeness (QED) is 0.837. The number of rotatable bonds is 5. The fourth-order valence-electron chi connectivity index (χ4n) is 2.29. The Labute approximate surface area is 123 Å². The molecule has 21 heavy (non-hydrogen) atoms. The van der Waals surface area contributed by atoms with Crippen LogP contribution in [0.5, 0.6) is 0 Å². The summed E-state index contributed by atoms with van der Waals surface area (Å²) in [6.07, 6.45) is 2.27. The van der Waals surface area contributed by atoms with Crippen LogP contribution < -0.4 is 10.2 Å². The van der Waals surface area contributed by atoms with Gasteiger partial charge in [-0.2, -0.15) is 0 Å². The normalized spacial score (nSPS) is 16.0. The van der Waals surface area contributed by atoms with Crippen LogP contribution in [0.25, 0.3) is 0 Å². The fourth-order valence-corrected chi connectivity index (χ4v) is 2.29. The molecule has 114 valence electrons. The smallest absolute Gasteiger partial charge is 0.326 e. The molecule has 7 heteroatoms. The molecule has 0 aliphatic carbocycles. The van der Waals surface area contributed by atoms with Gasteiger partial charge in [-0.3, -0.25) is 4.79 Å². The van der Waals surface area contributed by atoms with Crippen molar-refractivity contribution < 1.29 is 14.7 Å². The molecule has 0 unspecified atom stereocenters. The summed E-state index contributed by atoms with van der Waals surface area (Å²) in [7, 11) is 0. The van der Waals surface area contributed by atoms with Crippen molar-refractivity contribution in [2.24, 2.45) is 5.92 Å². The predicted molar refractivity (Wildman–Crippen MR) is 77.2 cm³/mol. The summed E-state index contributed by atoms with van der Waals surface area (Å²) >= 11 is 0. The molecule has 1 aliphatic rings. The predicted octanol–water partition coefficient (Wildman–Crippen LogP) is 0.916. The van der Waals surface area contributed by atoms with Crippen molar-refractivity contribution in [2.45, 2.75) is 32.7 Å². The number of anilines is 1. The second-order valence-electron chi connectivity index (χ2n) is 5.50. The minimum atomic E-state index is -1.06. The first-order valence-electron chi connectivity index (χ1n) is 7.11. The van der Waals surface area contributed by atoms with Crippen molar-refractivity contribution in [3.05, 3.63) is 17.8 Å². The number of aliphatic carboxylic acids is 1. The maximum Gasteiger partial charge on any atom is 0.326 e. The fraction of sp³-hybridized carbons (Fsp3) is 0.571. The van der Waals surface area contributed by atoms with Gasteiger partial charge in [0.15, 0.2) is 11.5 Å². The Morgan fingerprint density at radius 2 is 1.90 bits per heavy atom. The minimum absolute atomic E-state index is 0.129. The Hall–Kier alpha value is -2.18. The maximum absolute atomic E-state index is 12.0. The van der Waals surface area contributed by atoms with Gasteiger partial charge in [0.2, 0.25) is 0 Å². The highest BCUT2D eigenvalue weighted by Gasteiger charge is 2.24. The molecule has 1 atom stereocenters. The lowest BCUT2D eigenvalue weighted by Gasteiger charge is -2.18. The van der Waals surface area contributed by atoms with Crippen LogP contribution in [0.15, 0.2) is 12.1 Å². The molecule has 2 N–H and O–H groups in total. The van der Waals surface area contributed by atoms with Crippen molar-refractivity contribution in [3.8, 4) is 0 Å². The number of nitrogens with zero attached hydrogens (tertiary/aromatic N) is 3. The molecule has 1 aromatic rings. The van der Waals surface area contributed by atoms with E-state index in [-0.39, 0.29) is 11.6 Å². The second-order valence-corrected chi connectivity index (χ2v) is 5.50. The van der Waals surface area contributed by atoms with E-state index in [1.165, 1.54) is 0 Å².